The summed E-state index contributed by atoms with van der Waals surface area (Å²) in [6.07, 6.45) is 1.39. The highest BCUT2D eigenvalue weighted by molar-refractivity contribution is 8.15. The molecule has 3 aromatic rings. The molecule has 26 heavy (non-hydrogen) atoms. The number of carbonyl (C=O) groups excluding carboxylic acids is 1. The Balaban J connectivity index is 1.66. The zero-order valence-corrected chi connectivity index (χ0v) is 16.0. The van der Waals surface area contributed by atoms with E-state index in [0.717, 1.165) is 22.4 Å². The van der Waals surface area contributed by atoms with Gasteiger partial charge in [-0.2, -0.15) is 0 Å². The highest BCUT2D eigenvalue weighted by Crippen LogP contribution is 2.31. The fourth-order valence-electron chi connectivity index (χ4n) is 2.76. The van der Waals surface area contributed by atoms with Crippen LogP contribution in [0.1, 0.15) is 12.1 Å². The van der Waals surface area contributed by atoms with Gasteiger partial charge in [0, 0.05) is 17.1 Å². The van der Waals surface area contributed by atoms with Crippen molar-refractivity contribution in [2.75, 3.05) is 11.3 Å². The predicted octanol–water partition coefficient (Wildman–Crippen LogP) is 3.48. The first-order valence-electron chi connectivity index (χ1n) is 7.90. The lowest BCUT2D eigenvalue weighted by Crippen LogP contribution is -2.11. The second-order valence-corrected chi connectivity index (χ2v) is 9.92. The Morgan fingerprint density at radius 2 is 2.19 bits per heavy atom. The normalized spacial score (nSPS) is 17.4. The van der Waals surface area contributed by atoms with Crippen molar-refractivity contribution in [3.63, 3.8) is 0 Å². The second kappa shape index (κ2) is 6.90. The molecule has 0 bridgehead atoms. The van der Waals surface area contributed by atoms with Crippen molar-refractivity contribution in [1.82, 2.24) is 4.98 Å². The topological polar surface area (TPSA) is 91.4 Å². The molecule has 1 aliphatic heterocycles. The third-order valence-electron chi connectivity index (χ3n) is 3.97. The molecule has 1 aromatic carbocycles. The first-order valence-corrected chi connectivity index (χ1v) is 11.1. The Kier molecular flexibility index (Phi) is 4.60. The molecule has 134 valence electrons. The molecule has 1 unspecified atom stereocenters. The van der Waals surface area contributed by atoms with Gasteiger partial charge in [0.05, 0.1) is 23.4 Å². The van der Waals surface area contributed by atoms with Gasteiger partial charge in [0.15, 0.2) is 0 Å². The molecule has 2 N–H and O–H groups in total. The largest absolute Gasteiger partial charge is 0.351 e. The van der Waals surface area contributed by atoms with E-state index < -0.39 is 10.0 Å². The van der Waals surface area contributed by atoms with Crippen molar-refractivity contribution in [3.05, 3.63) is 47.5 Å². The minimum Gasteiger partial charge on any atom is -0.351 e. The Morgan fingerprint density at radius 3 is 2.96 bits per heavy atom. The molecule has 0 amide bonds. The van der Waals surface area contributed by atoms with Crippen molar-refractivity contribution >= 4 is 61.0 Å². The zero-order chi connectivity index (χ0) is 18.1. The van der Waals surface area contributed by atoms with Gasteiger partial charge in [-0.15, -0.1) is 11.3 Å². The summed E-state index contributed by atoms with van der Waals surface area (Å²) in [6.45, 7) is 0.617. The van der Waals surface area contributed by atoms with Gasteiger partial charge in [-0.25, -0.2) is 8.42 Å². The molecular weight excluding hydrogens is 390 g/mol. The van der Waals surface area contributed by atoms with E-state index in [1.54, 1.807) is 35.3 Å². The maximum absolute atomic E-state index is 12.5. The minimum atomic E-state index is -3.61. The molecule has 0 radical (unpaired) electrons. The average molecular weight is 406 g/mol. The lowest BCUT2D eigenvalue weighted by molar-refractivity contribution is -0.107. The van der Waals surface area contributed by atoms with Crippen LogP contribution in [0, 0.1) is 0 Å². The Hall–Kier alpha value is -2.10. The number of thioether (sulfide) groups is 1. The standard InChI is InChI=1S/C17H15N3O3S3/c21-7-6-12-10-18-17(25-12)14-9-11-3-1-4-13(16(11)19-14)20-26(22,23)15-5-2-8-24-15/h1-5,7-9,12,19-20H,6,10H2. The number of aldehydes is 1. The number of aromatic nitrogens is 1. The summed E-state index contributed by atoms with van der Waals surface area (Å²) in [7, 11) is -3.61. The molecule has 0 saturated carbocycles. The van der Waals surface area contributed by atoms with E-state index in [-0.39, 0.29) is 9.46 Å². The Labute approximate surface area is 158 Å². The van der Waals surface area contributed by atoms with E-state index in [0.29, 0.717) is 24.2 Å². The number of anilines is 1. The molecule has 1 atom stereocenters. The molecule has 3 heterocycles. The van der Waals surface area contributed by atoms with Crippen LogP contribution in [-0.2, 0) is 14.8 Å². The number of sulfonamides is 1. The molecule has 9 heteroatoms. The van der Waals surface area contributed by atoms with Gasteiger partial charge in [-0.3, -0.25) is 9.71 Å². The Morgan fingerprint density at radius 1 is 1.31 bits per heavy atom. The van der Waals surface area contributed by atoms with Gasteiger partial charge in [0.1, 0.15) is 15.5 Å². The number of hydrogen-bond donors (Lipinski definition) is 2. The summed E-state index contributed by atoms with van der Waals surface area (Å²) in [5, 5.41) is 3.65. The number of H-pyrrole nitrogens is 1. The average Bonchev–Trinajstić information content (AvgIpc) is 3.35. The SMILES string of the molecule is O=CCC1CN=C(c2cc3cccc(NS(=O)(=O)c4cccs4)c3[nH]2)S1. The molecule has 4 rings (SSSR count). The van der Waals surface area contributed by atoms with Gasteiger partial charge in [-0.1, -0.05) is 30.0 Å². The Bertz CT molecular complexity index is 1090. The molecule has 6 nitrogen and oxygen atoms in total. The molecular formula is C17H15N3O3S3. The highest BCUT2D eigenvalue weighted by Gasteiger charge is 2.22. The summed E-state index contributed by atoms with van der Waals surface area (Å²) < 4.78 is 27.9. The van der Waals surface area contributed by atoms with Crippen LogP contribution >= 0.6 is 23.1 Å². The molecule has 0 aliphatic carbocycles. The summed E-state index contributed by atoms with van der Waals surface area (Å²) in [6, 6.07) is 10.7. The minimum absolute atomic E-state index is 0.172. The summed E-state index contributed by atoms with van der Waals surface area (Å²) in [4.78, 5) is 18.5. The van der Waals surface area contributed by atoms with Crippen LogP contribution in [0.15, 0.2) is 51.0 Å². The van der Waals surface area contributed by atoms with Crippen molar-refractivity contribution < 1.29 is 13.2 Å². The number of aliphatic imine (C=N–C) groups is 1. The van der Waals surface area contributed by atoms with Crippen LogP contribution in [0.3, 0.4) is 0 Å². The number of para-hydroxylation sites is 1. The van der Waals surface area contributed by atoms with Crippen LogP contribution in [0.4, 0.5) is 5.69 Å². The van der Waals surface area contributed by atoms with E-state index in [2.05, 4.69) is 14.7 Å². The number of benzene rings is 1. The number of nitrogens with zero attached hydrogens (tertiary/aromatic N) is 1. The van der Waals surface area contributed by atoms with Crippen LogP contribution < -0.4 is 4.72 Å². The highest BCUT2D eigenvalue weighted by atomic mass is 32.2. The van der Waals surface area contributed by atoms with Crippen LogP contribution in [0.25, 0.3) is 10.9 Å². The number of fused-ring (bicyclic) bond motifs is 1. The van der Waals surface area contributed by atoms with Crippen molar-refractivity contribution in [1.29, 1.82) is 0 Å². The van der Waals surface area contributed by atoms with Gasteiger partial charge < -0.3 is 9.78 Å². The maximum atomic E-state index is 12.5. The lowest BCUT2D eigenvalue weighted by Gasteiger charge is -2.07. The number of carbonyl (C=O) groups is 1. The van der Waals surface area contributed by atoms with E-state index >= 15 is 0 Å². The number of nitrogens with one attached hydrogen (secondary N) is 2. The summed E-state index contributed by atoms with van der Waals surface area (Å²) in [5.74, 6) is 0. The van der Waals surface area contributed by atoms with Crippen LogP contribution in [-0.4, -0.2) is 36.5 Å². The van der Waals surface area contributed by atoms with Crippen molar-refractivity contribution in [2.24, 2.45) is 4.99 Å². The molecule has 2 aromatic heterocycles. The van der Waals surface area contributed by atoms with Crippen molar-refractivity contribution in [2.45, 2.75) is 15.9 Å². The number of hydrogen-bond acceptors (Lipinski definition) is 6. The van der Waals surface area contributed by atoms with Gasteiger partial charge in [-0.05, 0) is 23.6 Å². The molecule has 1 aliphatic rings. The van der Waals surface area contributed by atoms with Crippen molar-refractivity contribution in [3.8, 4) is 0 Å². The lowest BCUT2D eigenvalue weighted by atomic mass is 10.2. The summed E-state index contributed by atoms with van der Waals surface area (Å²) >= 11 is 2.74. The molecule has 0 fully saturated rings. The van der Waals surface area contributed by atoms with Gasteiger partial charge in [0.25, 0.3) is 10.0 Å². The van der Waals surface area contributed by atoms with E-state index in [1.807, 2.05) is 18.2 Å². The van der Waals surface area contributed by atoms with Gasteiger partial charge >= 0.3 is 0 Å². The first-order chi connectivity index (χ1) is 12.6. The van der Waals surface area contributed by atoms with E-state index in [1.165, 1.54) is 11.3 Å². The maximum Gasteiger partial charge on any atom is 0.271 e. The molecule has 0 saturated heterocycles. The van der Waals surface area contributed by atoms with Gasteiger partial charge in [0.2, 0.25) is 0 Å². The number of aromatic amines is 1. The summed E-state index contributed by atoms with van der Waals surface area (Å²) in [5.41, 5.74) is 2.04. The zero-order valence-electron chi connectivity index (χ0n) is 13.5. The third kappa shape index (κ3) is 3.29. The fourth-order valence-corrected chi connectivity index (χ4v) is 5.85. The second-order valence-electron chi connectivity index (χ2n) is 5.78. The first kappa shape index (κ1) is 17.3. The predicted molar refractivity (Wildman–Crippen MR) is 107 cm³/mol. The van der Waals surface area contributed by atoms with E-state index in [4.69, 9.17) is 0 Å². The molecule has 0 spiro atoms. The number of thiophene rings is 1. The van der Waals surface area contributed by atoms with Crippen LogP contribution in [0.5, 0.6) is 0 Å². The van der Waals surface area contributed by atoms with Crippen LogP contribution in [0.2, 0.25) is 0 Å². The number of rotatable bonds is 6. The monoisotopic (exact) mass is 405 g/mol. The smallest absolute Gasteiger partial charge is 0.271 e. The fraction of sp³-hybridized carbons (Fsp3) is 0.176. The third-order valence-corrected chi connectivity index (χ3v) is 7.98. The van der Waals surface area contributed by atoms with E-state index in [9.17, 15) is 13.2 Å². The quantitative estimate of drug-likeness (QED) is 0.614.